The van der Waals surface area contributed by atoms with Crippen molar-refractivity contribution in [3.63, 3.8) is 0 Å². The maximum Gasteiger partial charge on any atom is 0.254 e. The number of nitrogens with two attached hydrogens (primary N) is 1. The van der Waals surface area contributed by atoms with Crippen molar-refractivity contribution in [3.8, 4) is 0 Å². The number of likely N-dealkylation sites (tertiary alicyclic amines) is 1. The number of carbonyl (C=O) groups is 1. The van der Waals surface area contributed by atoms with Gasteiger partial charge in [-0.05, 0) is 48.6 Å². The third-order valence-electron chi connectivity index (χ3n) is 4.49. The Hall–Kier alpha value is -1.84. The first kappa shape index (κ1) is 16.0. The summed E-state index contributed by atoms with van der Waals surface area (Å²) in [6.07, 6.45) is 2.88. The molecule has 1 aliphatic heterocycles. The molecule has 0 aliphatic carbocycles. The van der Waals surface area contributed by atoms with E-state index in [1.54, 1.807) is 0 Å². The first-order valence-corrected chi connectivity index (χ1v) is 8.40. The smallest absolute Gasteiger partial charge is 0.254 e. The van der Waals surface area contributed by atoms with E-state index in [9.17, 15) is 4.79 Å². The number of halogens is 1. The highest BCUT2D eigenvalue weighted by Gasteiger charge is 2.29. The lowest BCUT2D eigenvalue weighted by Gasteiger charge is -2.25. The maximum atomic E-state index is 12.8. The number of rotatable bonds is 4. The number of hydrogen-bond donors (Lipinski definition) is 1. The molecule has 1 fully saturated rings. The van der Waals surface area contributed by atoms with Crippen LogP contribution in [0.2, 0.25) is 5.02 Å². The molecule has 2 N–H and O–H groups in total. The number of amides is 1. The van der Waals surface area contributed by atoms with Crippen molar-refractivity contribution < 1.29 is 4.79 Å². The van der Waals surface area contributed by atoms with E-state index in [1.807, 2.05) is 53.4 Å². The predicted octanol–water partition coefficient (Wildman–Crippen LogP) is 3.65. The minimum absolute atomic E-state index is 0.100. The fourth-order valence-corrected chi connectivity index (χ4v) is 3.40. The largest absolute Gasteiger partial charge is 0.335 e. The van der Waals surface area contributed by atoms with Crippen molar-refractivity contribution >= 4 is 17.5 Å². The van der Waals surface area contributed by atoms with Crippen molar-refractivity contribution in [1.29, 1.82) is 0 Å². The Kier molecular flexibility index (Phi) is 4.99. The molecule has 3 rings (SSSR count). The summed E-state index contributed by atoms with van der Waals surface area (Å²) < 4.78 is 0. The number of nitrogens with zero attached hydrogens (tertiary/aromatic N) is 1. The van der Waals surface area contributed by atoms with E-state index in [-0.39, 0.29) is 11.9 Å². The second-order valence-corrected chi connectivity index (χ2v) is 6.40. The lowest BCUT2D eigenvalue weighted by molar-refractivity contribution is 0.0736. The van der Waals surface area contributed by atoms with E-state index in [0.717, 1.165) is 47.5 Å². The quantitative estimate of drug-likeness (QED) is 0.931. The molecule has 0 saturated carbocycles. The molecule has 120 valence electrons. The Morgan fingerprint density at radius 3 is 2.61 bits per heavy atom. The molecular weight excluding hydrogens is 308 g/mol. The third kappa shape index (κ3) is 3.57. The Labute approximate surface area is 142 Å². The molecule has 4 heteroatoms. The van der Waals surface area contributed by atoms with Crippen molar-refractivity contribution in [2.45, 2.75) is 31.8 Å². The van der Waals surface area contributed by atoms with Crippen LogP contribution in [0.25, 0.3) is 0 Å². The monoisotopic (exact) mass is 328 g/mol. The molecule has 2 aromatic rings. The summed E-state index contributed by atoms with van der Waals surface area (Å²) in [6, 6.07) is 15.7. The van der Waals surface area contributed by atoms with Gasteiger partial charge in [-0.15, -0.1) is 0 Å². The van der Waals surface area contributed by atoms with Gasteiger partial charge in [0.25, 0.3) is 5.91 Å². The fraction of sp³-hybridized carbons (Fsp3) is 0.316. The van der Waals surface area contributed by atoms with Crippen molar-refractivity contribution in [2.75, 3.05) is 6.54 Å². The Bertz CT molecular complexity index is 684. The third-order valence-corrected chi connectivity index (χ3v) is 4.86. The van der Waals surface area contributed by atoms with E-state index >= 15 is 0 Å². The van der Waals surface area contributed by atoms with Crippen LogP contribution in [0.15, 0.2) is 48.5 Å². The van der Waals surface area contributed by atoms with E-state index in [4.69, 9.17) is 17.3 Å². The molecule has 2 aromatic carbocycles. The van der Waals surface area contributed by atoms with Crippen LogP contribution in [0.5, 0.6) is 0 Å². The van der Waals surface area contributed by atoms with Gasteiger partial charge in [0.05, 0.1) is 0 Å². The van der Waals surface area contributed by atoms with Gasteiger partial charge in [-0.2, -0.15) is 0 Å². The topological polar surface area (TPSA) is 46.3 Å². The van der Waals surface area contributed by atoms with Gasteiger partial charge in [-0.25, -0.2) is 0 Å². The first-order chi connectivity index (χ1) is 11.2. The van der Waals surface area contributed by atoms with Crippen LogP contribution < -0.4 is 5.73 Å². The summed E-state index contributed by atoms with van der Waals surface area (Å²) >= 11 is 6.27. The molecular formula is C19H21ClN2O. The Morgan fingerprint density at radius 2 is 1.91 bits per heavy atom. The normalized spacial score (nSPS) is 17.5. The van der Waals surface area contributed by atoms with Gasteiger partial charge >= 0.3 is 0 Å². The molecule has 1 aliphatic rings. The van der Waals surface area contributed by atoms with Crippen LogP contribution in [-0.2, 0) is 13.0 Å². The molecule has 0 unspecified atom stereocenters. The molecule has 23 heavy (non-hydrogen) atoms. The van der Waals surface area contributed by atoms with Gasteiger partial charge in [-0.3, -0.25) is 4.79 Å². The zero-order valence-electron chi connectivity index (χ0n) is 13.0. The van der Waals surface area contributed by atoms with Gasteiger partial charge in [0, 0.05) is 29.7 Å². The molecule has 1 atom stereocenters. The minimum Gasteiger partial charge on any atom is -0.335 e. The van der Waals surface area contributed by atoms with Crippen LogP contribution in [-0.4, -0.2) is 23.4 Å². The lowest BCUT2D eigenvalue weighted by Crippen LogP contribution is -2.36. The van der Waals surface area contributed by atoms with E-state index in [0.29, 0.717) is 6.54 Å². The average molecular weight is 329 g/mol. The number of benzene rings is 2. The van der Waals surface area contributed by atoms with Gasteiger partial charge in [0.1, 0.15) is 0 Å². The summed E-state index contributed by atoms with van der Waals surface area (Å²) in [6.45, 7) is 1.31. The highest BCUT2D eigenvalue weighted by molar-refractivity contribution is 6.31. The first-order valence-electron chi connectivity index (χ1n) is 8.02. The van der Waals surface area contributed by atoms with Crippen LogP contribution in [0, 0.1) is 0 Å². The van der Waals surface area contributed by atoms with Gasteiger partial charge < -0.3 is 10.6 Å². The fourth-order valence-electron chi connectivity index (χ4n) is 3.18. The molecule has 0 radical (unpaired) electrons. The Morgan fingerprint density at radius 1 is 1.17 bits per heavy atom. The molecule has 1 amide bonds. The zero-order valence-corrected chi connectivity index (χ0v) is 13.8. The summed E-state index contributed by atoms with van der Waals surface area (Å²) in [5, 5.41) is 0.777. The highest BCUT2D eigenvalue weighted by Crippen LogP contribution is 2.26. The van der Waals surface area contributed by atoms with Crippen LogP contribution in [0.1, 0.15) is 34.3 Å². The second kappa shape index (κ2) is 7.16. The summed E-state index contributed by atoms with van der Waals surface area (Å²) in [5.41, 5.74) is 8.49. The molecule has 0 bridgehead atoms. The second-order valence-electron chi connectivity index (χ2n) is 5.99. The van der Waals surface area contributed by atoms with Crippen LogP contribution in [0.4, 0.5) is 0 Å². The number of hydrogen-bond acceptors (Lipinski definition) is 2. The molecule has 1 heterocycles. The van der Waals surface area contributed by atoms with Crippen molar-refractivity contribution in [2.24, 2.45) is 5.73 Å². The Balaban J connectivity index is 1.75. The molecule has 0 aromatic heterocycles. The minimum atomic E-state index is 0.100. The average Bonchev–Trinajstić information content (AvgIpc) is 3.04. The van der Waals surface area contributed by atoms with E-state index in [2.05, 4.69) is 0 Å². The van der Waals surface area contributed by atoms with Crippen LogP contribution >= 0.6 is 11.6 Å². The summed E-state index contributed by atoms with van der Waals surface area (Å²) in [5.74, 6) is 0.100. The highest BCUT2D eigenvalue weighted by atomic mass is 35.5. The van der Waals surface area contributed by atoms with E-state index in [1.165, 1.54) is 0 Å². The predicted molar refractivity (Wildman–Crippen MR) is 93.5 cm³/mol. The van der Waals surface area contributed by atoms with Gasteiger partial charge in [-0.1, -0.05) is 41.9 Å². The van der Waals surface area contributed by atoms with Gasteiger partial charge in [0.2, 0.25) is 0 Å². The maximum absolute atomic E-state index is 12.8. The zero-order chi connectivity index (χ0) is 16.2. The molecule has 0 spiro atoms. The van der Waals surface area contributed by atoms with E-state index < -0.39 is 0 Å². The SMILES string of the molecule is NCc1ccc(C(=O)N2CCC[C@@H]2Cc2ccccc2Cl)cc1. The standard InChI is InChI=1S/C19H21ClN2O/c20-18-6-2-1-4-16(18)12-17-5-3-11-22(17)19(23)15-9-7-14(13-21)8-10-15/h1-2,4,6-10,17H,3,5,11-13,21H2/t17-/m1/s1. The summed E-state index contributed by atoms with van der Waals surface area (Å²) in [7, 11) is 0. The number of carbonyl (C=O) groups excluding carboxylic acids is 1. The van der Waals surface area contributed by atoms with Gasteiger partial charge in [0.15, 0.2) is 0 Å². The summed E-state index contributed by atoms with van der Waals surface area (Å²) in [4.78, 5) is 14.8. The van der Waals surface area contributed by atoms with Crippen molar-refractivity contribution in [1.82, 2.24) is 4.90 Å². The molecule has 3 nitrogen and oxygen atoms in total. The molecule has 1 saturated heterocycles. The lowest BCUT2D eigenvalue weighted by atomic mass is 10.0. The van der Waals surface area contributed by atoms with Crippen LogP contribution in [0.3, 0.4) is 0 Å². The van der Waals surface area contributed by atoms with Crippen molar-refractivity contribution in [3.05, 3.63) is 70.2 Å².